The highest BCUT2D eigenvalue weighted by Crippen LogP contribution is 2.31. The second-order valence-electron chi connectivity index (χ2n) is 5.27. The van der Waals surface area contributed by atoms with E-state index in [0.29, 0.717) is 6.54 Å². The van der Waals surface area contributed by atoms with Crippen LogP contribution in [0.15, 0.2) is 24.7 Å². The summed E-state index contributed by atoms with van der Waals surface area (Å²) in [6.45, 7) is 3.14. The van der Waals surface area contributed by atoms with Gasteiger partial charge in [0.25, 0.3) is 0 Å². The number of aryl methyl sites for hydroxylation is 1. The summed E-state index contributed by atoms with van der Waals surface area (Å²) in [5.74, 6) is 0.118. The van der Waals surface area contributed by atoms with Crippen LogP contribution < -0.4 is 0 Å². The standard InChI is InChI=1S/C14H19N5O/c1-11-9-15-17-14(11)12-5-2-3-8-19(12)13(20)10-18-7-4-6-16-18/h4,6-7,9,12H,2-3,5,8,10H2,1H3,(H,15,17). The minimum atomic E-state index is 0.118. The maximum Gasteiger partial charge on any atom is 0.244 e. The Morgan fingerprint density at radius 1 is 1.50 bits per heavy atom. The molecule has 0 bridgehead atoms. The van der Waals surface area contributed by atoms with Crippen LogP contribution >= 0.6 is 0 Å². The van der Waals surface area contributed by atoms with Gasteiger partial charge in [0.1, 0.15) is 6.54 Å². The van der Waals surface area contributed by atoms with Gasteiger partial charge in [-0.2, -0.15) is 10.2 Å². The molecule has 0 radical (unpaired) electrons. The Morgan fingerprint density at radius 2 is 2.40 bits per heavy atom. The quantitative estimate of drug-likeness (QED) is 0.925. The number of hydrogen-bond donors (Lipinski definition) is 1. The van der Waals surface area contributed by atoms with Crippen molar-refractivity contribution in [3.8, 4) is 0 Å². The molecule has 1 amide bonds. The summed E-state index contributed by atoms with van der Waals surface area (Å²) in [7, 11) is 0. The van der Waals surface area contributed by atoms with Crippen molar-refractivity contribution < 1.29 is 4.79 Å². The van der Waals surface area contributed by atoms with E-state index < -0.39 is 0 Å². The lowest BCUT2D eigenvalue weighted by atomic mass is 9.97. The number of piperidine rings is 1. The molecule has 2 aromatic heterocycles. The fourth-order valence-electron chi connectivity index (χ4n) is 2.85. The molecule has 6 heteroatoms. The summed E-state index contributed by atoms with van der Waals surface area (Å²) in [5, 5.41) is 11.2. The van der Waals surface area contributed by atoms with Crippen LogP contribution in [0.5, 0.6) is 0 Å². The molecular formula is C14H19N5O. The predicted molar refractivity (Wildman–Crippen MR) is 73.9 cm³/mol. The second-order valence-corrected chi connectivity index (χ2v) is 5.27. The van der Waals surface area contributed by atoms with Gasteiger partial charge in [-0.05, 0) is 37.8 Å². The third-order valence-corrected chi connectivity index (χ3v) is 3.88. The topological polar surface area (TPSA) is 66.8 Å². The van der Waals surface area contributed by atoms with Gasteiger partial charge in [-0.1, -0.05) is 0 Å². The molecule has 106 valence electrons. The molecule has 1 aliphatic heterocycles. The largest absolute Gasteiger partial charge is 0.332 e. The Labute approximate surface area is 117 Å². The van der Waals surface area contributed by atoms with Crippen molar-refractivity contribution in [2.75, 3.05) is 6.54 Å². The summed E-state index contributed by atoms with van der Waals surface area (Å²) in [5.41, 5.74) is 2.19. The minimum Gasteiger partial charge on any atom is -0.332 e. The van der Waals surface area contributed by atoms with Crippen LogP contribution in [0.4, 0.5) is 0 Å². The van der Waals surface area contributed by atoms with Gasteiger partial charge in [0.15, 0.2) is 0 Å². The number of nitrogens with zero attached hydrogens (tertiary/aromatic N) is 4. The van der Waals surface area contributed by atoms with Crippen molar-refractivity contribution in [1.29, 1.82) is 0 Å². The van der Waals surface area contributed by atoms with Gasteiger partial charge >= 0.3 is 0 Å². The lowest BCUT2D eigenvalue weighted by Gasteiger charge is -2.35. The Bertz CT molecular complexity index is 574. The number of rotatable bonds is 3. The van der Waals surface area contributed by atoms with Crippen molar-refractivity contribution in [3.05, 3.63) is 35.9 Å². The number of H-pyrrole nitrogens is 1. The van der Waals surface area contributed by atoms with Crippen molar-refractivity contribution in [3.63, 3.8) is 0 Å². The Hall–Kier alpha value is -2.11. The molecule has 0 spiro atoms. The molecule has 1 atom stereocenters. The maximum atomic E-state index is 12.5. The Morgan fingerprint density at radius 3 is 3.10 bits per heavy atom. The third kappa shape index (κ3) is 2.45. The summed E-state index contributed by atoms with van der Waals surface area (Å²) in [6.07, 6.45) is 8.54. The second kappa shape index (κ2) is 5.48. The van der Waals surface area contributed by atoms with Gasteiger partial charge in [-0.25, -0.2) is 0 Å². The smallest absolute Gasteiger partial charge is 0.244 e. The molecule has 20 heavy (non-hydrogen) atoms. The van der Waals surface area contributed by atoms with E-state index in [2.05, 4.69) is 15.3 Å². The number of carbonyl (C=O) groups excluding carboxylic acids is 1. The molecule has 1 unspecified atom stereocenters. The number of nitrogens with one attached hydrogen (secondary N) is 1. The molecule has 0 aromatic carbocycles. The van der Waals surface area contributed by atoms with E-state index in [-0.39, 0.29) is 11.9 Å². The van der Waals surface area contributed by atoms with E-state index in [9.17, 15) is 4.79 Å². The minimum absolute atomic E-state index is 0.118. The van der Waals surface area contributed by atoms with Gasteiger partial charge in [-0.3, -0.25) is 14.6 Å². The summed E-state index contributed by atoms with van der Waals surface area (Å²) in [4.78, 5) is 14.5. The summed E-state index contributed by atoms with van der Waals surface area (Å²) >= 11 is 0. The number of likely N-dealkylation sites (tertiary alicyclic amines) is 1. The van der Waals surface area contributed by atoms with E-state index in [0.717, 1.165) is 37.1 Å². The van der Waals surface area contributed by atoms with Crippen LogP contribution in [0.2, 0.25) is 0 Å². The molecule has 6 nitrogen and oxygen atoms in total. The summed E-state index contributed by atoms with van der Waals surface area (Å²) < 4.78 is 1.67. The molecule has 1 saturated heterocycles. The van der Waals surface area contributed by atoms with Crippen LogP contribution in [-0.2, 0) is 11.3 Å². The van der Waals surface area contributed by atoms with Crippen molar-refractivity contribution in [2.45, 2.75) is 38.8 Å². The maximum absolute atomic E-state index is 12.5. The Kier molecular flexibility index (Phi) is 3.54. The van der Waals surface area contributed by atoms with Crippen LogP contribution in [0.3, 0.4) is 0 Å². The first-order chi connectivity index (χ1) is 9.75. The van der Waals surface area contributed by atoms with Crippen LogP contribution in [-0.4, -0.2) is 37.3 Å². The molecule has 1 fully saturated rings. The highest BCUT2D eigenvalue weighted by atomic mass is 16.2. The van der Waals surface area contributed by atoms with E-state index in [1.165, 1.54) is 0 Å². The van der Waals surface area contributed by atoms with Gasteiger partial charge in [0.05, 0.1) is 17.9 Å². The first-order valence-corrected chi connectivity index (χ1v) is 7.02. The zero-order valence-corrected chi connectivity index (χ0v) is 11.6. The average molecular weight is 273 g/mol. The fourth-order valence-corrected chi connectivity index (χ4v) is 2.85. The normalized spacial score (nSPS) is 19.2. The zero-order valence-electron chi connectivity index (χ0n) is 11.6. The van der Waals surface area contributed by atoms with Crippen LogP contribution in [0.25, 0.3) is 0 Å². The molecule has 2 aromatic rings. The van der Waals surface area contributed by atoms with Crippen LogP contribution in [0, 0.1) is 6.92 Å². The predicted octanol–water partition coefficient (Wildman–Crippen LogP) is 1.67. The first kappa shape index (κ1) is 12.9. The lowest BCUT2D eigenvalue weighted by molar-refractivity contribution is -0.136. The molecule has 0 saturated carbocycles. The molecule has 1 aliphatic rings. The average Bonchev–Trinajstić information content (AvgIpc) is 3.10. The lowest BCUT2D eigenvalue weighted by Crippen LogP contribution is -2.40. The third-order valence-electron chi connectivity index (χ3n) is 3.88. The van der Waals surface area contributed by atoms with E-state index >= 15 is 0 Å². The molecule has 3 heterocycles. The number of aromatic nitrogens is 4. The van der Waals surface area contributed by atoms with E-state index in [1.54, 1.807) is 10.9 Å². The van der Waals surface area contributed by atoms with Crippen molar-refractivity contribution in [2.24, 2.45) is 0 Å². The zero-order chi connectivity index (χ0) is 13.9. The molecule has 1 N–H and O–H groups in total. The van der Waals surface area contributed by atoms with Crippen molar-refractivity contribution >= 4 is 5.91 Å². The number of amides is 1. The monoisotopic (exact) mass is 273 g/mol. The van der Waals surface area contributed by atoms with E-state index in [1.807, 2.05) is 30.3 Å². The van der Waals surface area contributed by atoms with Gasteiger partial charge in [0, 0.05) is 18.9 Å². The molecule has 3 rings (SSSR count). The molecule has 0 aliphatic carbocycles. The van der Waals surface area contributed by atoms with Gasteiger partial charge < -0.3 is 4.90 Å². The van der Waals surface area contributed by atoms with Crippen LogP contribution in [0.1, 0.15) is 36.6 Å². The van der Waals surface area contributed by atoms with Crippen molar-refractivity contribution in [1.82, 2.24) is 24.9 Å². The first-order valence-electron chi connectivity index (χ1n) is 7.02. The highest BCUT2D eigenvalue weighted by molar-refractivity contribution is 5.76. The number of aromatic amines is 1. The van der Waals surface area contributed by atoms with Gasteiger partial charge in [-0.15, -0.1) is 0 Å². The summed E-state index contributed by atoms with van der Waals surface area (Å²) in [6, 6.07) is 1.95. The SMILES string of the molecule is Cc1cn[nH]c1C1CCCCN1C(=O)Cn1cccn1. The highest BCUT2D eigenvalue weighted by Gasteiger charge is 2.29. The number of hydrogen-bond acceptors (Lipinski definition) is 3. The Balaban J connectivity index is 1.78. The number of carbonyl (C=O) groups is 1. The van der Waals surface area contributed by atoms with E-state index in [4.69, 9.17) is 0 Å². The molecular weight excluding hydrogens is 254 g/mol. The van der Waals surface area contributed by atoms with Gasteiger partial charge in [0.2, 0.25) is 5.91 Å². The fraction of sp³-hybridized carbons (Fsp3) is 0.500.